The number of anilines is 1. The van der Waals surface area contributed by atoms with Crippen LogP contribution < -0.4 is 5.32 Å². The lowest BCUT2D eigenvalue weighted by Gasteiger charge is -2.09. The minimum Gasteiger partial charge on any atom is -0.307 e. The van der Waals surface area contributed by atoms with E-state index in [4.69, 9.17) is 0 Å². The molecule has 1 N–H and O–H groups in total. The fourth-order valence-electron chi connectivity index (χ4n) is 2.56. The maximum Gasteiger partial charge on any atom is 0.260 e. The molecule has 3 aromatic heterocycles. The number of amides is 1. The Morgan fingerprint density at radius 2 is 2.00 bits per heavy atom. The topological polar surface area (TPSA) is 77.1 Å². The summed E-state index contributed by atoms with van der Waals surface area (Å²) in [6, 6.07) is 13.3. The third-order valence-electron chi connectivity index (χ3n) is 3.73. The SMILES string of the molecule is O=C(Nc1ccnn1Cc1cccc(Br)c1)c1cnn2ncccc12. The van der Waals surface area contributed by atoms with E-state index < -0.39 is 0 Å². The summed E-state index contributed by atoms with van der Waals surface area (Å²) >= 11 is 3.46. The number of halogens is 1. The molecule has 4 rings (SSSR count). The summed E-state index contributed by atoms with van der Waals surface area (Å²) in [7, 11) is 0. The lowest BCUT2D eigenvalue weighted by molar-refractivity contribution is 0.102. The van der Waals surface area contributed by atoms with Crippen LogP contribution in [-0.2, 0) is 6.54 Å². The van der Waals surface area contributed by atoms with Crippen LogP contribution in [0.4, 0.5) is 5.82 Å². The van der Waals surface area contributed by atoms with Gasteiger partial charge in [-0.2, -0.15) is 19.9 Å². The van der Waals surface area contributed by atoms with Crippen LogP contribution in [0.15, 0.2) is 65.5 Å². The van der Waals surface area contributed by atoms with Gasteiger partial charge in [0.05, 0.1) is 24.5 Å². The number of carbonyl (C=O) groups excluding carboxylic acids is 1. The minimum atomic E-state index is -0.251. The second kappa shape index (κ2) is 6.48. The van der Waals surface area contributed by atoms with E-state index in [9.17, 15) is 4.79 Å². The average Bonchev–Trinajstić information content (AvgIpc) is 3.22. The molecule has 1 aromatic carbocycles. The van der Waals surface area contributed by atoms with E-state index >= 15 is 0 Å². The Bertz CT molecular complexity index is 1050. The van der Waals surface area contributed by atoms with E-state index in [0.717, 1.165) is 10.0 Å². The molecule has 4 aromatic rings. The highest BCUT2D eigenvalue weighted by Crippen LogP contribution is 2.16. The molecule has 0 spiro atoms. The van der Waals surface area contributed by atoms with E-state index in [2.05, 4.69) is 36.5 Å². The summed E-state index contributed by atoms with van der Waals surface area (Å²) in [6.45, 7) is 0.554. The van der Waals surface area contributed by atoms with Crippen molar-refractivity contribution in [3.8, 4) is 0 Å². The zero-order valence-electron chi connectivity index (χ0n) is 13.0. The van der Waals surface area contributed by atoms with Gasteiger partial charge in [-0.15, -0.1) is 0 Å². The van der Waals surface area contributed by atoms with Crippen LogP contribution in [0.5, 0.6) is 0 Å². The van der Waals surface area contributed by atoms with Gasteiger partial charge in [0, 0.05) is 16.7 Å². The zero-order valence-corrected chi connectivity index (χ0v) is 14.6. The smallest absolute Gasteiger partial charge is 0.260 e. The lowest BCUT2D eigenvalue weighted by Crippen LogP contribution is -2.16. The van der Waals surface area contributed by atoms with Crippen molar-refractivity contribution in [3.63, 3.8) is 0 Å². The van der Waals surface area contributed by atoms with Gasteiger partial charge in [-0.3, -0.25) is 4.79 Å². The molecule has 0 unspecified atom stereocenters. The van der Waals surface area contributed by atoms with Crippen molar-refractivity contribution in [3.05, 3.63) is 76.7 Å². The molecule has 0 aliphatic heterocycles. The van der Waals surface area contributed by atoms with Crippen LogP contribution in [0, 0.1) is 0 Å². The van der Waals surface area contributed by atoms with E-state index in [1.165, 1.54) is 10.8 Å². The third kappa shape index (κ3) is 3.16. The summed E-state index contributed by atoms with van der Waals surface area (Å²) in [5, 5.41) is 15.3. The molecule has 0 bridgehead atoms. The van der Waals surface area contributed by atoms with Gasteiger partial charge in [-0.25, -0.2) is 4.68 Å². The third-order valence-corrected chi connectivity index (χ3v) is 4.22. The van der Waals surface area contributed by atoms with Crippen molar-refractivity contribution in [1.29, 1.82) is 0 Å². The Labute approximate surface area is 151 Å². The van der Waals surface area contributed by atoms with Crippen molar-refractivity contribution >= 4 is 33.2 Å². The first-order valence-electron chi connectivity index (χ1n) is 7.57. The standard InChI is InChI=1S/C17H13BrN6O/c18-13-4-1-3-12(9-13)11-23-16(6-8-19-23)22-17(25)14-10-21-24-15(14)5-2-7-20-24/h1-10H,11H2,(H,22,25). The number of nitrogens with one attached hydrogen (secondary N) is 1. The molecule has 0 saturated carbocycles. The van der Waals surface area contributed by atoms with Crippen LogP contribution in [0.2, 0.25) is 0 Å². The number of benzene rings is 1. The Hall–Kier alpha value is -3.00. The number of aromatic nitrogens is 5. The molecular weight excluding hydrogens is 384 g/mol. The molecule has 0 radical (unpaired) electrons. The first kappa shape index (κ1) is 15.5. The molecule has 0 atom stereocenters. The van der Waals surface area contributed by atoms with Gasteiger partial charge in [0.15, 0.2) is 0 Å². The first-order chi connectivity index (χ1) is 12.2. The van der Waals surface area contributed by atoms with Crippen LogP contribution in [0.3, 0.4) is 0 Å². The van der Waals surface area contributed by atoms with Gasteiger partial charge in [0.2, 0.25) is 0 Å². The molecule has 124 valence electrons. The minimum absolute atomic E-state index is 0.251. The Balaban J connectivity index is 1.57. The van der Waals surface area contributed by atoms with E-state index in [1.807, 2.05) is 24.3 Å². The first-order valence-corrected chi connectivity index (χ1v) is 8.37. The monoisotopic (exact) mass is 396 g/mol. The molecule has 0 fully saturated rings. The molecule has 0 aliphatic carbocycles. The maximum atomic E-state index is 12.6. The van der Waals surface area contributed by atoms with Crippen molar-refractivity contribution in [1.82, 2.24) is 24.6 Å². The highest BCUT2D eigenvalue weighted by molar-refractivity contribution is 9.10. The van der Waals surface area contributed by atoms with Gasteiger partial charge in [0.25, 0.3) is 5.91 Å². The van der Waals surface area contributed by atoms with Crippen LogP contribution >= 0.6 is 15.9 Å². The predicted octanol–water partition coefficient (Wildman–Crippen LogP) is 2.99. The zero-order chi connectivity index (χ0) is 17.2. The molecule has 3 heterocycles. The number of rotatable bonds is 4. The highest BCUT2D eigenvalue weighted by Gasteiger charge is 2.15. The van der Waals surface area contributed by atoms with Crippen molar-refractivity contribution in [2.24, 2.45) is 0 Å². The lowest BCUT2D eigenvalue weighted by atomic mass is 10.2. The normalized spacial score (nSPS) is 10.9. The van der Waals surface area contributed by atoms with Gasteiger partial charge >= 0.3 is 0 Å². The summed E-state index contributed by atoms with van der Waals surface area (Å²) in [4.78, 5) is 12.6. The molecule has 8 heteroatoms. The fraction of sp³-hybridized carbons (Fsp3) is 0.0588. The van der Waals surface area contributed by atoms with Gasteiger partial charge in [-0.1, -0.05) is 28.1 Å². The summed E-state index contributed by atoms with van der Waals surface area (Å²) in [5.74, 6) is 0.368. The largest absolute Gasteiger partial charge is 0.307 e. The van der Waals surface area contributed by atoms with Gasteiger partial charge < -0.3 is 5.32 Å². The second-order valence-corrected chi connectivity index (χ2v) is 6.33. The average molecular weight is 397 g/mol. The Morgan fingerprint density at radius 3 is 2.88 bits per heavy atom. The molecule has 25 heavy (non-hydrogen) atoms. The van der Waals surface area contributed by atoms with Crippen molar-refractivity contribution < 1.29 is 4.79 Å². The molecular formula is C17H13BrN6O. The number of fused-ring (bicyclic) bond motifs is 1. The van der Waals surface area contributed by atoms with Gasteiger partial charge in [-0.05, 0) is 29.8 Å². The van der Waals surface area contributed by atoms with E-state index in [-0.39, 0.29) is 5.91 Å². The second-order valence-electron chi connectivity index (χ2n) is 5.41. The van der Waals surface area contributed by atoms with E-state index in [1.54, 1.807) is 35.3 Å². The number of hydrogen-bond donors (Lipinski definition) is 1. The van der Waals surface area contributed by atoms with Gasteiger partial charge in [0.1, 0.15) is 11.3 Å². The molecule has 1 amide bonds. The fourth-order valence-corrected chi connectivity index (χ4v) is 3.01. The quantitative estimate of drug-likeness (QED) is 0.575. The van der Waals surface area contributed by atoms with Crippen LogP contribution in [0.1, 0.15) is 15.9 Å². The summed E-state index contributed by atoms with van der Waals surface area (Å²) in [5.41, 5.74) is 2.19. The van der Waals surface area contributed by atoms with E-state index in [0.29, 0.717) is 23.4 Å². The molecule has 0 saturated heterocycles. The number of nitrogens with zero attached hydrogens (tertiary/aromatic N) is 5. The highest BCUT2D eigenvalue weighted by atomic mass is 79.9. The van der Waals surface area contributed by atoms with Crippen LogP contribution in [0.25, 0.3) is 5.52 Å². The van der Waals surface area contributed by atoms with Crippen molar-refractivity contribution in [2.75, 3.05) is 5.32 Å². The molecule has 7 nitrogen and oxygen atoms in total. The summed E-state index contributed by atoms with van der Waals surface area (Å²) < 4.78 is 4.17. The number of hydrogen-bond acceptors (Lipinski definition) is 4. The number of carbonyl (C=O) groups is 1. The Morgan fingerprint density at radius 1 is 1.08 bits per heavy atom. The molecule has 0 aliphatic rings. The summed E-state index contributed by atoms with van der Waals surface area (Å²) in [6.07, 6.45) is 4.78. The predicted molar refractivity (Wildman–Crippen MR) is 96.4 cm³/mol. The van der Waals surface area contributed by atoms with Crippen LogP contribution in [-0.4, -0.2) is 30.5 Å². The Kier molecular flexibility index (Phi) is 4.02. The maximum absolute atomic E-state index is 12.6. The van der Waals surface area contributed by atoms with Crippen molar-refractivity contribution in [2.45, 2.75) is 6.54 Å².